The van der Waals surface area contributed by atoms with E-state index in [0.29, 0.717) is 79.2 Å². The van der Waals surface area contributed by atoms with E-state index in [-0.39, 0.29) is 0 Å². The summed E-state index contributed by atoms with van der Waals surface area (Å²) in [5.74, 6) is 0. The van der Waals surface area contributed by atoms with Crippen LogP contribution >= 0.6 is 0 Å². The van der Waals surface area contributed by atoms with E-state index in [1.54, 1.807) is 0 Å². The van der Waals surface area contributed by atoms with Gasteiger partial charge in [-0.1, -0.05) is 0 Å². The third-order valence-corrected chi connectivity index (χ3v) is 3.40. The Morgan fingerprint density at radius 1 is 0.407 bits per heavy atom. The van der Waals surface area contributed by atoms with Gasteiger partial charge in [-0.25, -0.2) is 0 Å². The van der Waals surface area contributed by atoms with Crippen LogP contribution in [-0.4, -0.2) is 99.0 Å². The van der Waals surface area contributed by atoms with Gasteiger partial charge in [0, 0.05) is 26.4 Å². The fourth-order valence-corrected chi connectivity index (χ4v) is 2.01. The van der Waals surface area contributed by atoms with E-state index in [4.69, 9.17) is 38.9 Å². The SMILES string of the molecule is CCOCCOCCOCCOCCOCCOCCCCCOCCN. The van der Waals surface area contributed by atoms with Gasteiger partial charge in [0.25, 0.3) is 0 Å². The van der Waals surface area contributed by atoms with Crippen molar-refractivity contribution in [3.05, 3.63) is 0 Å². The van der Waals surface area contributed by atoms with Crippen LogP contribution in [0.1, 0.15) is 26.2 Å². The molecule has 0 unspecified atom stereocenters. The third kappa shape index (κ3) is 25.7. The molecule has 0 amide bonds. The average Bonchev–Trinajstić information content (AvgIpc) is 2.68. The van der Waals surface area contributed by atoms with Crippen molar-refractivity contribution in [1.82, 2.24) is 0 Å². The summed E-state index contributed by atoms with van der Waals surface area (Å²) in [7, 11) is 0. The predicted octanol–water partition coefficient (Wildman–Crippen LogP) is 1.25. The van der Waals surface area contributed by atoms with Gasteiger partial charge in [-0.05, 0) is 26.2 Å². The molecule has 2 N–H and O–H groups in total. The van der Waals surface area contributed by atoms with Gasteiger partial charge in [-0.3, -0.25) is 0 Å². The second-order valence-electron chi connectivity index (χ2n) is 5.72. The quantitative estimate of drug-likeness (QED) is 0.244. The van der Waals surface area contributed by atoms with E-state index in [2.05, 4.69) is 0 Å². The first-order chi connectivity index (χ1) is 13.4. The van der Waals surface area contributed by atoms with Gasteiger partial charge in [0.2, 0.25) is 0 Å². The van der Waals surface area contributed by atoms with E-state index in [9.17, 15) is 0 Å². The molecule has 0 rings (SSSR count). The summed E-state index contributed by atoms with van der Waals surface area (Å²) in [6.07, 6.45) is 3.22. The number of hydrogen-bond donors (Lipinski definition) is 1. The van der Waals surface area contributed by atoms with Crippen molar-refractivity contribution in [2.75, 3.05) is 99.0 Å². The Labute approximate surface area is 164 Å². The number of nitrogens with two attached hydrogens (primary N) is 1. The van der Waals surface area contributed by atoms with Crippen LogP contribution in [-0.2, 0) is 33.2 Å². The first kappa shape index (κ1) is 26.7. The van der Waals surface area contributed by atoms with Gasteiger partial charge in [-0.15, -0.1) is 0 Å². The monoisotopic (exact) mass is 395 g/mol. The molecule has 0 saturated carbocycles. The summed E-state index contributed by atoms with van der Waals surface area (Å²) < 4.78 is 37.6. The summed E-state index contributed by atoms with van der Waals surface area (Å²) in [6.45, 7) is 11.4. The lowest BCUT2D eigenvalue weighted by Gasteiger charge is -2.08. The van der Waals surface area contributed by atoms with Crippen molar-refractivity contribution in [2.24, 2.45) is 5.73 Å². The smallest absolute Gasteiger partial charge is 0.0701 e. The molecule has 0 aliphatic carbocycles. The lowest BCUT2D eigenvalue weighted by molar-refractivity contribution is -0.0163. The van der Waals surface area contributed by atoms with Crippen LogP contribution in [0.2, 0.25) is 0 Å². The molecule has 0 heterocycles. The standard InChI is InChI=1S/C19H41NO7/c1-2-21-10-11-24-14-15-26-18-19-27-17-16-25-13-12-23-8-5-3-4-7-22-9-6-20/h2-20H2,1H3. The van der Waals surface area contributed by atoms with Gasteiger partial charge in [0.15, 0.2) is 0 Å². The van der Waals surface area contributed by atoms with Crippen LogP contribution < -0.4 is 5.73 Å². The number of unbranched alkanes of at least 4 members (excludes halogenated alkanes) is 2. The molecular weight excluding hydrogens is 354 g/mol. The van der Waals surface area contributed by atoms with Gasteiger partial charge in [-0.2, -0.15) is 0 Å². The molecule has 0 fully saturated rings. The summed E-state index contributed by atoms with van der Waals surface area (Å²) >= 11 is 0. The lowest BCUT2D eigenvalue weighted by Crippen LogP contribution is -2.14. The summed E-state index contributed by atoms with van der Waals surface area (Å²) in [6, 6.07) is 0. The molecule has 0 spiro atoms. The van der Waals surface area contributed by atoms with E-state index in [1.807, 2.05) is 6.92 Å². The molecule has 27 heavy (non-hydrogen) atoms. The lowest BCUT2D eigenvalue weighted by atomic mass is 10.2. The van der Waals surface area contributed by atoms with Crippen LogP contribution in [0.15, 0.2) is 0 Å². The number of rotatable bonds is 24. The predicted molar refractivity (Wildman–Crippen MR) is 104 cm³/mol. The van der Waals surface area contributed by atoms with E-state index >= 15 is 0 Å². The highest BCUT2D eigenvalue weighted by atomic mass is 16.6. The highest BCUT2D eigenvalue weighted by molar-refractivity contribution is 4.42. The van der Waals surface area contributed by atoms with Crippen molar-refractivity contribution >= 4 is 0 Å². The Kier molecular flexibility index (Phi) is 25.4. The normalized spacial score (nSPS) is 11.3. The Hall–Kier alpha value is -0.320. The first-order valence-electron chi connectivity index (χ1n) is 10.2. The molecule has 0 saturated heterocycles. The Morgan fingerprint density at radius 3 is 1.11 bits per heavy atom. The maximum absolute atomic E-state index is 5.51. The van der Waals surface area contributed by atoms with Crippen LogP contribution in [0, 0.1) is 0 Å². The molecule has 164 valence electrons. The molecular formula is C19H41NO7. The summed E-state index contributed by atoms with van der Waals surface area (Å²) in [5, 5.41) is 0. The van der Waals surface area contributed by atoms with Crippen molar-refractivity contribution < 1.29 is 33.2 Å². The molecule has 0 radical (unpaired) electrons. The molecule has 0 bridgehead atoms. The topological polar surface area (TPSA) is 90.6 Å². The van der Waals surface area contributed by atoms with Crippen molar-refractivity contribution in [2.45, 2.75) is 26.2 Å². The zero-order chi connectivity index (χ0) is 19.7. The molecule has 0 atom stereocenters. The maximum Gasteiger partial charge on any atom is 0.0701 e. The second-order valence-corrected chi connectivity index (χ2v) is 5.72. The zero-order valence-corrected chi connectivity index (χ0v) is 17.2. The van der Waals surface area contributed by atoms with Crippen molar-refractivity contribution in [3.8, 4) is 0 Å². The van der Waals surface area contributed by atoms with Crippen LogP contribution in [0.4, 0.5) is 0 Å². The fraction of sp³-hybridized carbons (Fsp3) is 1.00. The van der Waals surface area contributed by atoms with Crippen molar-refractivity contribution in [1.29, 1.82) is 0 Å². The van der Waals surface area contributed by atoms with Crippen LogP contribution in [0.3, 0.4) is 0 Å². The van der Waals surface area contributed by atoms with Gasteiger partial charge >= 0.3 is 0 Å². The summed E-state index contributed by atoms with van der Waals surface area (Å²) in [4.78, 5) is 0. The minimum absolute atomic E-state index is 0.563. The van der Waals surface area contributed by atoms with E-state index < -0.39 is 0 Å². The van der Waals surface area contributed by atoms with E-state index in [1.165, 1.54) is 0 Å². The Morgan fingerprint density at radius 2 is 0.741 bits per heavy atom. The Bertz CT molecular complexity index is 236. The Balaban J connectivity index is 2.95. The molecule has 0 aromatic heterocycles. The fourth-order valence-electron chi connectivity index (χ4n) is 2.01. The molecule has 8 nitrogen and oxygen atoms in total. The minimum Gasteiger partial charge on any atom is -0.380 e. The first-order valence-corrected chi connectivity index (χ1v) is 10.2. The van der Waals surface area contributed by atoms with Gasteiger partial charge in [0.05, 0.1) is 72.7 Å². The number of ether oxygens (including phenoxy) is 7. The second kappa shape index (κ2) is 25.7. The van der Waals surface area contributed by atoms with E-state index in [0.717, 1.165) is 39.1 Å². The summed E-state index contributed by atoms with van der Waals surface area (Å²) in [5.41, 5.74) is 5.34. The van der Waals surface area contributed by atoms with Crippen LogP contribution in [0.25, 0.3) is 0 Å². The van der Waals surface area contributed by atoms with Crippen molar-refractivity contribution in [3.63, 3.8) is 0 Å². The molecule has 0 aliphatic heterocycles. The highest BCUT2D eigenvalue weighted by Crippen LogP contribution is 1.96. The molecule has 0 aliphatic rings. The highest BCUT2D eigenvalue weighted by Gasteiger charge is 1.94. The third-order valence-electron chi connectivity index (χ3n) is 3.40. The largest absolute Gasteiger partial charge is 0.380 e. The van der Waals surface area contributed by atoms with Gasteiger partial charge < -0.3 is 38.9 Å². The number of hydrogen-bond acceptors (Lipinski definition) is 8. The molecule has 0 aromatic rings. The minimum atomic E-state index is 0.563. The average molecular weight is 396 g/mol. The zero-order valence-electron chi connectivity index (χ0n) is 17.2. The van der Waals surface area contributed by atoms with Gasteiger partial charge in [0.1, 0.15) is 0 Å². The molecule has 0 aromatic carbocycles. The maximum atomic E-state index is 5.51. The van der Waals surface area contributed by atoms with Crippen LogP contribution in [0.5, 0.6) is 0 Å². The molecule has 8 heteroatoms.